The molecule has 5 N–H and O–H groups in total. The highest BCUT2D eigenvalue weighted by Crippen LogP contribution is 2.33. The average Bonchev–Trinajstić information content (AvgIpc) is 2.30. The molecule has 0 spiro atoms. The van der Waals surface area contributed by atoms with Crippen molar-refractivity contribution in [1.82, 2.24) is 0 Å². The van der Waals surface area contributed by atoms with E-state index in [4.69, 9.17) is 15.9 Å². The van der Waals surface area contributed by atoms with Crippen molar-refractivity contribution in [3.05, 3.63) is 23.8 Å². The molecule has 0 radical (unpaired) electrons. The Balaban J connectivity index is 3.00. The zero-order valence-electron chi connectivity index (χ0n) is 9.75. The summed E-state index contributed by atoms with van der Waals surface area (Å²) in [4.78, 5) is 0. The molecule has 0 aliphatic heterocycles. The number of aliphatic hydroxyl groups excluding tert-OH is 2. The highest BCUT2D eigenvalue weighted by Gasteiger charge is 2.31. The molecule has 1 aromatic rings. The molecule has 0 saturated heterocycles. The van der Waals surface area contributed by atoms with Crippen LogP contribution in [-0.4, -0.2) is 29.0 Å². The van der Waals surface area contributed by atoms with Gasteiger partial charge in [-0.05, 0) is 25.1 Å². The van der Waals surface area contributed by atoms with Crippen molar-refractivity contribution in [1.29, 1.82) is 0 Å². The molecule has 0 saturated carbocycles. The standard InChI is InChI=1S/C11H15F3N2O2/c1-10(5-17,6-18)16-9-3-2-7(4-8(9)15)11(12,13)14/h2-4,16-18H,5-6,15H2,1H3. The van der Waals surface area contributed by atoms with E-state index in [-0.39, 0.29) is 24.6 Å². The summed E-state index contributed by atoms with van der Waals surface area (Å²) < 4.78 is 37.2. The zero-order chi connectivity index (χ0) is 14.0. The first-order valence-electron chi connectivity index (χ1n) is 5.18. The van der Waals surface area contributed by atoms with Crippen LogP contribution in [0.4, 0.5) is 24.5 Å². The van der Waals surface area contributed by atoms with Crippen molar-refractivity contribution in [2.75, 3.05) is 24.3 Å². The number of nitrogens with two attached hydrogens (primary N) is 1. The van der Waals surface area contributed by atoms with Gasteiger partial charge in [0, 0.05) is 0 Å². The molecular weight excluding hydrogens is 249 g/mol. The van der Waals surface area contributed by atoms with Crippen molar-refractivity contribution >= 4 is 11.4 Å². The molecule has 0 bridgehead atoms. The third-order valence-electron chi connectivity index (χ3n) is 2.51. The number of aliphatic hydroxyl groups is 2. The van der Waals surface area contributed by atoms with Crippen molar-refractivity contribution in [3.63, 3.8) is 0 Å². The lowest BCUT2D eigenvalue weighted by Crippen LogP contribution is -2.42. The summed E-state index contributed by atoms with van der Waals surface area (Å²) in [6.07, 6.45) is -4.45. The predicted molar refractivity (Wildman–Crippen MR) is 62.1 cm³/mol. The monoisotopic (exact) mass is 264 g/mol. The highest BCUT2D eigenvalue weighted by molar-refractivity contribution is 5.68. The van der Waals surface area contributed by atoms with Crippen LogP contribution in [0.25, 0.3) is 0 Å². The molecule has 0 aliphatic carbocycles. The van der Waals surface area contributed by atoms with E-state index in [1.54, 1.807) is 0 Å². The minimum atomic E-state index is -4.45. The second-order valence-electron chi connectivity index (χ2n) is 4.30. The van der Waals surface area contributed by atoms with Crippen molar-refractivity contribution < 1.29 is 23.4 Å². The Morgan fingerprint density at radius 2 is 1.78 bits per heavy atom. The molecule has 18 heavy (non-hydrogen) atoms. The lowest BCUT2D eigenvalue weighted by Gasteiger charge is -2.28. The molecule has 1 aromatic carbocycles. The van der Waals surface area contributed by atoms with Gasteiger partial charge in [-0.25, -0.2) is 0 Å². The quantitative estimate of drug-likeness (QED) is 0.621. The predicted octanol–water partition coefficient (Wildman–Crippen LogP) is 1.44. The Kier molecular flexibility index (Phi) is 4.08. The number of alkyl halides is 3. The van der Waals surface area contributed by atoms with E-state index in [0.29, 0.717) is 0 Å². The summed E-state index contributed by atoms with van der Waals surface area (Å²) in [6, 6.07) is 2.85. The molecule has 0 atom stereocenters. The minimum absolute atomic E-state index is 0.0991. The molecule has 0 aromatic heterocycles. The van der Waals surface area contributed by atoms with E-state index in [1.165, 1.54) is 13.0 Å². The Labute approximate surface area is 102 Å². The first-order chi connectivity index (χ1) is 8.22. The van der Waals surface area contributed by atoms with E-state index in [2.05, 4.69) is 5.32 Å². The average molecular weight is 264 g/mol. The SMILES string of the molecule is CC(CO)(CO)Nc1ccc(C(F)(F)F)cc1N. The van der Waals surface area contributed by atoms with Gasteiger partial charge in [0.15, 0.2) is 0 Å². The first kappa shape index (κ1) is 14.6. The summed E-state index contributed by atoms with van der Waals surface area (Å²) >= 11 is 0. The summed E-state index contributed by atoms with van der Waals surface area (Å²) in [5, 5.41) is 20.9. The number of nitrogens with one attached hydrogen (secondary N) is 1. The molecule has 4 nitrogen and oxygen atoms in total. The van der Waals surface area contributed by atoms with Gasteiger partial charge < -0.3 is 21.3 Å². The summed E-state index contributed by atoms with van der Waals surface area (Å²) in [5.74, 6) is 0. The Bertz CT molecular complexity index is 417. The van der Waals surface area contributed by atoms with Gasteiger partial charge in [-0.1, -0.05) is 0 Å². The number of benzene rings is 1. The second kappa shape index (κ2) is 5.03. The number of hydrogen-bond acceptors (Lipinski definition) is 4. The van der Waals surface area contributed by atoms with Gasteiger partial charge in [-0.15, -0.1) is 0 Å². The first-order valence-corrected chi connectivity index (χ1v) is 5.18. The van der Waals surface area contributed by atoms with Crippen molar-refractivity contribution in [2.24, 2.45) is 0 Å². The molecule has 1 rings (SSSR count). The summed E-state index contributed by atoms with van der Waals surface area (Å²) in [6.45, 7) is 0.748. The molecular formula is C11H15F3N2O2. The smallest absolute Gasteiger partial charge is 0.397 e. The van der Waals surface area contributed by atoms with Crippen molar-refractivity contribution in [2.45, 2.75) is 18.6 Å². The topological polar surface area (TPSA) is 78.5 Å². The normalized spacial score (nSPS) is 12.6. The van der Waals surface area contributed by atoms with Crippen LogP contribution in [0, 0.1) is 0 Å². The third kappa shape index (κ3) is 3.27. The molecule has 102 valence electrons. The molecule has 0 aliphatic rings. The van der Waals surface area contributed by atoms with Crippen LogP contribution < -0.4 is 11.1 Å². The number of nitrogen functional groups attached to an aromatic ring is 1. The van der Waals surface area contributed by atoms with Crippen LogP contribution in [-0.2, 0) is 6.18 Å². The van der Waals surface area contributed by atoms with E-state index >= 15 is 0 Å². The second-order valence-corrected chi connectivity index (χ2v) is 4.30. The summed E-state index contributed by atoms with van der Waals surface area (Å²) in [7, 11) is 0. The van der Waals surface area contributed by atoms with Gasteiger partial charge in [0.1, 0.15) is 0 Å². The lowest BCUT2D eigenvalue weighted by atomic mass is 10.0. The van der Waals surface area contributed by atoms with Crippen LogP contribution in [0.5, 0.6) is 0 Å². The molecule has 0 fully saturated rings. The fraction of sp³-hybridized carbons (Fsp3) is 0.455. The molecule has 0 amide bonds. The van der Waals surface area contributed by atoms with Crippen LogP contribution in [0.15, 0.2) is 18.2 Å². The third-order valence-corrected chi connectivity index (χ3v) is 2.51. The van der Waals surface area contributed by atoms with E-state index in [9.17, 15) is 13.2 Å². The van der Waals surface area contributed by atoms with Crippen LogP contribution in [0.2, 0.25) is 0 Å². The number of halogens is 3. The van der Waals surface area contributed by atoms with Crippen molar-refractivity contribution in [3.8, 4) is 0 Å². The fourth-order valence-corrected chi connectivity index (χ4v) is 1.31. The number of anilines is 2. The maximum Gasteiger partial charge on any atom is 0.416 e. The number of hydrogen-bond donors (Lipinski definition) is 4. The van der Waals surface area contributed by atoms with Gasteiger partial charge in [-0.2, -0.15) is 13.2 Å². The van der Waals surface area contributed by atoms with Gasteiger partial charge >= 0.3 is 6.18 Å². The molecule has 7 heteroatoms. The van der Waals surface area contributed by atoms with E-state index in [0.717, 1.165) is 12.1 Å². The van der Waals surface area contributed by atoms with E-state index in [1.807, 2.05) is 0 Å². The highest BCUT2D eigenvalue weighted by atomic mass is 19.4. The van der Waals surface area contributed by atoms with Crippen LogP contribution in [0.1, 0.15) is 12.5 Å². The van der Waals surface area contributed by atoms with Gasteiger partial charge in [0.25, 0.3) is 0 Å². The fourth-order valence-electron chi connectivity index (χ4n) is 1.31. The number of rotatable bonds is 4. The molecule has 0 unspecified atom stereocenters. The Hall–Kier alpha value is -1.47. The van der Waals surface area contributed by atoms with Gasteiger partial charge in [-0.3, -0.25) is 0 Å². The lowest BCUT2D eigenvalue weighted by molar-refractivity contribution is -0.137. The largest absolute Gasteiger partial charge is 0.416 e. The maximum absolute atomic E-state index is 12.4. The Morgan fingerprint density at radius 3 is 2.17 bits per heavy atom. The molecule has 0 heterocycles. The maximum atomic E-state index is 12.4. The zero-order valence-corrected chi connectivity index (χ0v) is 9.75. The van der Waals surface area contributed by atoms with Crippen LogP contribution in [0.3, 0.4) is 0 Å². The van der Waals surface area contributed by atoms with Crippen LogP contribution >= 0.6 is 0 Å². The van der Waals surface area contributed by atoms with Gasteiger partial charge in [0.05, 0.1) is 35.7 Å². The summed E-state index contributed by atoms with van der Waals surface area (Å²) in [5.41, 5.74) is 3.75. The van der Waals surface area contributed by atoms with E-state index < -0.39 is 17.3 Å². The minimum Gasteiger partial charge on any atom is -0.397 e. The Morgan fingerprint density at radius 1 is 1.22 bits per heavy atom. The van der Waals surface area contributed by atoms with Gasteiger partial charge in [0.2, 0.25) is 0 Å².